The van der Waals surface area contributed by atoms with E-state index in [0.717, 1.165) is 28.1 Å². The number of nitrogens with zero attached hydrogens (tertiary/aromatic N) is 7. The van der Waals surface area contributed by atoms with Gasteiger partial charge in [-0.2, -0.15) is 0 Å². The maximum absolute atomic E-state index is 12.8. The Morgan fingerprint density at radius 1 is 1.33 bits per heavy atom. The van der Waals surface area contributed by atoms with Crippen LogP contribution in [0.1, 0.15) is 36.2 Å². The number of aryl methyl sites for hydroxylation is 2. The number of nitrogens with two attached hydrogens (primary N) is 1. The SMILES string of the molecule is Cc1cccc(-c2nc(N)nc3c2CN(C(=O)CCn2cnnn2)[C@@H]3C)c1. The van der Waals surface area contributed by atoms with E-state index in [0.29, 0.717) is 19.5 Å². The van der Waals surface area contributed by atoms with Gasteiger partial charge in [0.05, 0.1) is 30.5 Å². The molecular formula is C18H20N8O. The molecule has 0 radical (unpaired) electrons. The number of carbonyl (C=O) groups is 1. The molecule has 1 aromatic carbocycles. The minimum Gasteiger partial charge on any atom is -0.368 e. The summed E-state index contributed by atoms with van der Waals surface area (Å²) in [6, 6.07) is 7.93. The fourth-order valence-electron chi connectivity index (χ4n) is 3.45. The molecule has 9 nitrogen and oxygen atoms in total. The zero-order chi connectivity index (χ0) is 19.0. The summed E-state index contributed by atoms with van der Waals surface area (Å²) in [6.07, 6.45) is 1.81. The largest absolute Gasteiger partial charge is 0.368 e. The van der Waals surface area contributed by atoms with E-state index in [1.165, 1.54) is 6.33 Å². The summed E-state index contributed by atoms with van der Waals surface area (Å²) < 4.78 is 1.54. The van der Waals surface area contributed by atoms with Crippen LogP contribution in [0.5, 0.6) is 0 Å². The fourth-order valence-corrected chi connectivity index (χ4v) is 3.45. The maximum Gasteiger partial charge on any atom is 0.225 e. The predicted molar refractivity (Wildman–Crippen MR) is 98.0 cm³/mol. The highest BCUT2D eigenvalue weighted by Crippen LogP contribution is 2.38. The van der Waals surface area contributed by atoms with Crippen molar-refractivity contribution in [3.8, 4) is 11.3 Å². The van der Waals surface area contributed by atoms with Crippen molar-refractivity contribution >= 4 is 11.9 Å². The van der Waals surface area contributed by atoms with Crippen LogP contribution in [0.2, 0.25) is 0 Å². The van der Waals surface area contributed by atoms with E-state index in [-0.39, 0.29) is 17.9 Å². The quantitative estimate of drug-likeness (QED) is 0.746. The van der Waals surface area contributed by atoms with Crippen molar-refractivity contribution in [3.05, 3.63) is 47.4 Å². The third-order valence-corrected chi connectivity index (χ3v) is 4.81. The Balaban J connectivity index is 1.62. The summed E-state index contributed by atoms with van der Waals surface area (Å²) in [6.45, 7) is 4.90. The van der Waals surface area contributed by atoms with Crippen LogP contribution in [0.25, 0.3) is 11.3 Å². The van der Waals surface area contributed by atoms with Gasteiger partial charge in [0.15, 0.2) is 0 Å². The van der Waals surface area contributed by atoms with E-state index >= 15 is 0 Å². The third-order valence-electron chi connectivity index (χ3n) is 4.81. The molecule has 27 heavy (non-hydrogen) atoms. The smallest absolute Gasteiger partial charge is 0.225 e. The first-order valence-electron chi connectivity index (χ1n) is 8.76. The number of hydrogen-bond donors (Lipinski definition) is 1. The van der Waals surface area contributed by atoms with Gasteiger partial charge in [-0.3, -0.25) is 4.79 Å². The molecule has 1 aliphatic rings. The van der Waals surface area contributed by atoms with Crippen LogP contribution in [-0.2, 0) is 17.9 Å². The minimum atomic E-state index is -0.157. The average molecular weight is 364 g/mol. The molecule has 0 unspecified atom stereocenters. The number of rotatable bonds is 4. The van der Waals surface area contributed by atoms with Gasteiger partial charge in [0.2, 0.25) is 11.9 Å². The molecule has 9 heteroatoms. The van der Waals surface area contributed by atoms with Crippen LogP contribution in [0.3, 0.4) is 0 Å². The van der Waals surface area contributed by atoms with Gasteiger partial charge < -0.3 is 10.6 Å². The fraction of sp³-hybridized carbons (Fsp3) is 0.333. The van der Waals surface area contributed by atoms with Crippen LogP contribution < -0.4 is 5.73 Å². The highest BCUT2D eigenvalue weighted by molar-refractivity contribution is 5.78. The molecule has 2 N–H and O–H groups in total. The molecule has 1 atom stereocenters. The Hall–Kier alpha value is -3.36. The first kappa shape index (κ1) is 17.1. The van der Waals surface area contributed by atoms with Crippen molar-refractivity contribution in [3.63, 3.8) is 0 Å². The monoisotopic (exact) mass is 364 g/mol. The Kier molecular flexibility index (Phi) is 4.27. The van der Waals surface area contributed by atoms with Gasteiger partial charge in [0, 0.05) is 17.5 Å². The molecule has 0 bridgehead atoms. The molecule has 0 saturated carbocycles. The molecule has 2 aromatic heterocycles. The van der Waals surface area contributed by atoms with Crippen molar-refractivity contribution in [2.75, 3.05) is 5.73 Å². The number of tetrazole rings is 1. The second-order valence-electron chi connectivity index (χ2n) is 6.68. The van der Waals surface area contributed by atoms with Gasteiger partial charge in [0.1, 0.15) is 6.33 Å². The Morgan fingerprint density at radius 2 is 2.19 bits per heavy atom. The number of fused-ring (bicyclic) bond motifs is 1. The van der Waals surface area contributed by atoms with Crippen molar-refractivity contribution in [1.29, 1.82) is 0 Å². The van der Waals surface area contributed by atoms with Gasteiger partial charge in [-0.05, 0) is 30.3 Å². The summed E-state index contributed by atoms with van der Waals surface area (Å²) in [7, 11) is 0. The maximum atomic E-state index is 12.8. The zero-order valence-electron chi connectivity index (χ0n) is 15.2. The lowest BCUT2D eigenvalue weighted by atomic mass is 10.0. The normalized spacial score (nSPS) is 15.8. The number of aromatic nitrogens is 6. The van der Waals surface area contributed by atoms with Crippen LogP contribution >= 0.6 is 0 Å². The first-order chi connectivity index (χ1) is 13.0. The van der Waals surface area contributed by atoms with E-state index in [2.05, 4.69) is 31.6 Å². The van der Waals surface area contributed by atoms with E-state index in [9.17, 15) is 4.79 Å². The summed E-state index contributed by atoms with van der Waals surface area (Å²) in [5, 5.41) is 11.0. The second-order valence-corrected chi connectivity index (χ2v) is 6.68. The van der Waals surface area contributed by atoms with Gasteiger partial charge in [0.25, 0.3) is 0 Å². The number of amides is 1. The summed E-state index contributed by atoms with van der Waals surface area (Å²) in [4.78, 5) is 23.5. The van der Waals surface area contributed by atoms with Crippen molar-refractivity contribution in [2.24, 2.45) is 0 Å². The molecule has 0 spiro atoms. The first-order valence-corrected chi connectivity index (χ1v) is 8.76. The zero-order valence-corrected chi connectivity index (χ0v) is 15.2. The van der Waals surface area contributed by atoms with Crippen molar-refractivity contribution in [1.82, 2.24) is 35.1 Å². The van der Waals surface area contributed by atoms with Gasteiger partial charge in [-0.1, -0.05) is 23.8 Å². The molecule has 138 valence electrons. The van der Waals surface area contributed by atoms with Gasteiger partial charge in [-0.25, -0.2) is 14.6 Å². The number of benzene rings is 1. The summed E-state index contributed by atoms with van der Waals surface area (Å²) >= 11 is 0. The molecule has 4 rings (SSSR count). The second kappa shape index (κ2) is 6.75. The van der Waals surface area contributed by atoms with Crippen molar-refractivity contribution in [2.45, 2.75) is 39.4 Å². The molecule has 0 fully saturated rings. The molecule has 1 aliphatic heterocycles. The van der Waals surface area contributed by atoms with E-state index in [1.807, 2.05) is 36.9 Å². The molecular weight excluding hydrogens is 344 g/mol. The van der Waals surface area contributed by atoms with Gasteiger partial charge >= 0.3 is 0 Å². The lowest BCUT2D eigenvalue weighted by Crippen LogP contribution is -2.29. The van der Waals surface area contributed by atoms with Crippen LogP contribution in [0.4, 0.5) is 5.95 Å². The Bertz CT molecular complexity index is 985. The Labute approximate surface area is 156 Å². The predicted octanol–water partition coefficient (Wildman–Crippen LogP) is 1.51. The Morgan fingerprint density at radius 3 is 2.93 bits per heavy atom. The molecule has 0 saturated heterocycles. The topological polar surface area (TPSA) is 116 Å². The van der Waals surface area contributed by atoms with Crippen LogP contribution in [0.15, 0.2) is 30.6 Å². The number of hydrogen-bond acceptors (Lipinski definition) is 7. The number of nitrogen functional groups attached to an aromatic ring is 1. The molecule has 3 aromatic rings. The van der Waals surface area contributed by atoms with Crippen LogP contribution in [0, 0.1) is 6.92 Å². The number of carbonyl (C=O) groups excluding carboxylic acids is 1. The highest BCUT2D eigenvalue weighted by atomic mass is 16.2. The van der Waals surface area contributed by atoms with Crippen molar-refractivity contribution < 1.29 is 4.79 Å². The molecule has 3 heterocycles. The lowest BCUT2D eigenvalue weighted by Gasteiger charge is -2.21. The lowest BCUT2D eigenvalue weighted by molar-refractivity contribution is -0.133. The highest BCUT2D eigenvalue weighted by Gasteiger charge is 2.34. The van der Waals surface area contributed by atoms with E-state index < -0.39 is 0 Å². The summed E-state index contributed by atoms with van der Waals surface area (Å²) in [5.41, 5.74) is 10.6. The minimum absolute atomic E-state index is 0.0183. The molecule has 1 amide bonds. The van der Waals surface area contributed by atoms with Crippen LogP contribution in [-0.4, -0.2) is 41.0 Å². The number of anilines is 1. The van der Waals surface area contributed by atoms with E-state index in [4.69, 9.17) is 5.73 Å². The average Bonchev–Trinajstić information content (AvgIpc) is 3.28. The standard InChI is InChI=1S/C18H20N8O/c1-11-4-3-5-13(8-11)17-14-9-26(12(2)16(14)21-18(19)22-17)15(27)6-7-25-10-20-23-24-25/h3-5,8,10,12H,6-7,9H2,1-2H3,(H2,19,21,22)/t12-/m1/s1. The van der Waals surface area contributed by atoms with E-state index in [1.54, 1.807) is 4.68 Å². The van der Waals surface area contributed by atoms with Gasteiger partial charge in [-0.15, -0.1) is 5.10 Å². The summed E-state index contributed by atoms with van der Waals surface area (Å²) in [5.74, 6) is 0.241. The molecule has 0 aliphatic carbocycles. The third kappa shape index (κ3) is 3.23.